The van der Waals surface area contributed by atoms with Crippen LogP contribution in [-0.4, -0.2) is 0 Å². The summed E-state index contributed by atoms with van der Waals surface area (Å²) in [6.07, 6.45) is 2.73. The quantitative estimate of drug-likeness (QED) is 0.693. The normalized spacial score (nSPS) is 13.4. The Hall–Kier alpha value is -1.96. The van der Waals surface area contributed by atoms with Gasteiger partial charge in [-0.05, 0) is 29.2 Å². The molecule has 0 bridgehead atoms. The zero-order chi connectivity index (χ0) is 11.8. The number of rotatable bonds is 1. The molecule has 17 heavy (non-hydrogen) atoms. The molecule has 2 aromatic carbocycles. The Morgan fingerprint density at radius 2 is 1.59 bits per heavy atom. The van der Waals surface area contributed by atoms with E-state index in [0.29, 0.717) is 5.56 Å². The first-order chi connectivity index (χ1) is 8.27. The highest BCUT2D eigenvalue weighted by atomic mass is 19.2. The van der Waals surface area contributed by atoms with Crippen molar-refractivity contribution in [3.05, 3.63) is 76.9 Å². The fourth-order valence-corrected chi connectivity index (χ4v) is 2.25. The second-order valence-electron chi connectivity index (χ2n) is 4.08. The van der Waals surface area contributed by atoms with Gasteiger partial charge in [0.05, 0.1) is 0 Å². The predicted molar refractivity (Wildman–Crippen MR) is 63.6 cm³/mol. The highest BCUT2D eigenvalue weighted by Gasteiger charge is 2.19. The molecule has 3 rings (SSSR count). The molecule has 0 nitrogen and oxygen atoms in total. The minimum atomic E-state index is -0.798. The number of halogens is 2. The zero-order valence-corrected chi connectivity index (χ0v) is 9.08. The molecule has 0 spiro atoms. The topological polar surface area (TPSA) is 0 Å². The molecule has 0 saturated heterocycles. The largest absolute Gasteiger partial charge is 0.204 e. The van der Waals surface area contributed by atoms with Crippen LogP contribution in [0.15, 0.2) is 48.5 Å². The lowest BCUT2D eigenvalue weighted by Crippen LogP contribution is -1.94. The lowest BCUT2D eigenvalue weighted by Gasteiger charge is -2.07. The SMILES string of the molecule is Fc1cccc(C2=CCc3ccccc32)c1F. The molecule has 0 N–H and O–H groups in total. The maximum absolute atomic E-state index is 13.7. The van der Waals surface area contributed by atoms with Gasteiger partial charge in [-0.2, -0.15) is 0 Å². The van der Waals surface area contributed by atoms with Gasteiger partial charge in [0.25, 0.3) is 0 Å². The van der Waals surface area contributed by atoms with E-state index < -0.39 is 11.6 Å². The van der Waals surface area contributed by atoms with E-state index in [4.69, 9.17) is 0 Å². The first-order valence-electron chi connectivity index (χ1n) is 5.50. The monoisotopic (exact) mass is 228 g/mol. The summed E-state index contributed by atoms with van der Waals surface area (Å²) in [5.41, 5.74) is 3.29. The second-order valence-corrected chi connectivity index (χ2v) is 4.08. The summed E-state index contributed by atoms with van der Waals surface area (Å²) >= 11 is 0. The molecule has 2 aromatic rings. The zero-order valence-electron chi connectivity index (χ0n) is 9.08. The molecule has 0 aromatic heterocycles. The van der Waals surface area contributed by atoms with E-state index >= 15 is 0 Å². The van der Waals surface area contributed by atoms with Crippen molar-refractivity contribution in [2.75, 3.05) is 0 Å². The van der Waals surface area contributed by atoms with Crippen LogP contribution in [0.25, 0.3) is 5.57 Å². The van der Waals surface area contributed by atoms with Crippen molar-refractivity contribution in [3.8, 4) is 0 Å². The molecular weight excluding hydrogens is 218 g/mol. The second kappa shape index (κ2) is 3.81. The Bertz CT molecular complexity index is 612. The summed E-state index contributed by atoms with van der Waals surface area (Å²) < 4.78 is 26.9. The fraction of sp³-hybridized carbons (Fsp3) is 0.0667. The number of benzene rings is 2. The summed E-state index contributed by atoms with van der Waals surface area (Å²) in [5, 5.41) is 0. The summed E-state index contributed by atoms with van der Waals surface area (Å²) in [4.78, 5) is 0. The summed E-state index contributed by atoms with van der Waals surface area (Å²) in [6, 6.07) is 12.1. The average molecular weight is 228 g/mol. The number of hydrogen-bond acceptors (Lipinski definition) is 0. The van der Waals surface area contributed by atoms with E-state index in [1.807, 2.05) is 30.3 Å². The third kappa shape index (κ3) is 1.57. The van der Waals surface area contributed by atoms with Gasteiger partial charge >= 0.3 is 0 Å². The van der Waals surface area contributed by atoms with Crippen molar-refractivity contribution in [1.29, 1.82) is 0 Å². The third-order valence-electron chi connectivity index (χ3n) is 3.08. The van der Waals surface area contributed by atoms with E-state index in [2.05, 4.69) is 0 Å². The van der Waals surface area contributed by atoms with Crippen molar-refractivity contribution >= 4 is 5.57 Å². The maximum atomic E-state index is 13.7. The van der Waals surface area contributed by atoms with Gasteiger partial charge in [-0.1, -0.05) is 42.5 Å². The van der Waals surface area contributed by atoms with E-state index in [0.717, 1.165) is 29.2 Å². The average Bonchev–Trinajstić information content (AvgIpc) is 2.77. The van der Waals surface area contributed by atoms with E-state index in [9.17, 15) is 8.78 Å². The molecular formula is C15H10F2. The van der Waals surface area contributed by atoms with Gasteiger partial charge in [0.1, 0.15) is 0 Å². The Morgan fingerprint density at radius 3 is 2.47 bits per heavy atom. The minimum absolute atomic E-state index is 0.343. The van der Waals surface area contributed by atoms with E-state index in [1.54, 1.807) is 6.07 Å². The smallest absolute Gasteiger partial charge is 0.166 e. The third-order valence-corrected chi connectivity index (χ3v) is 3.08. The number of allylic oxidation sites excluding steroid dienone is 1. The lowest BCUT2D eigenvalue weighted by molar-refractivity contribution is 0.506. The van der Waals surface area contributed by atoms with Gasteiger partial charge in [0, 0.05) is 5.56 Å². The van der Waals surface area contributed by atoms with Gasteiger partial charge < -0.3 is 0 Å². The van der Waals surface area contributed by atoms with Crippen LogP contribution in [-0.2, 0) is 6.42 Å². The van der Waals surface area contributed by atoms with Crippen molar-refractivity contribution in [1.82, 2.24) is 0 Å². The summed E-state index contributed by atoms with van der Waals surface area (Å²) in [6.45, 7) is 0. The molecule has 0 fully saturated rings. The lowest BCUT2D eigenvalue weighted by atomic mass is 9.99. The van der Waals surface area contributed by atoms with Crippen molar-refractivity contribution in [2.24, 2.45) is 0 Å². The molecule has 0 aliphatic heterocycles. The van der Waals surface area contributed by atoms with Crippen molar-refractivity contribution < 1.29 is 8.78 Å². The van der Waals surface area contributed by atoms with Gasteiger partial charge in [-0.25, -0.2) is 8.78 Å². The highest BCUT2D eigenvalue weighted by Crippen LogP contribution is 2.34. The molecule has 1 aliphatic rings. The maximum Gasteiger partial charge on any atom is 0.166 e. The summed E-state index contributed by atoms with van der Waals surface area (Å²) in [5.74, 6) is -1.57. The molecule has 1 aliphatic carbocycles. The first-order valence-corrected chi connectivity index (χ1v) is 5.50. The van der Waals surface area contributed by atoms with Gasteiger partial charge in [-0.3, -0.25) is 0 Å². The van der Waals surface area contributed by atoms with Crippen LogP contribution < -0.4 is 0 Å². The number of fused-ring (bicyclic) bond motifs is 1. The Balaban J connectivity index is 2.16. The Kier molecular flexibility index (Phi) is 2.29. The van der Waals surface area contributed by atoms with Crippen LogP contribution in [0.1, 0.15) is 16.7 Å². The first kappa shape index (κ1) is 10.2. The molecule has 0 unspecified atom stereocenters. The van der Waals surface area contributed by atoms with Gasteiger partial charge in [0.15, 0.2) is 11.6 Å². The van der Waals surface area contributed by atoms with Crippen LogP contribution in [0.2, 0.25) is 0 Å². The molecule has 0 saturated carbocycles. The van der Waals surface area contributed by atoms with Gasteiger partial charge in [-0.15, -0.1) is 0 Å². The predicted octanol–water partition coefficient (Wildman–Crippen LogP) is 3.95. The minimum Gasteiger partial charge on any atom is -0.204 e. The molecule has 84 valence electrons. The van der Waals surface area contributed by atoms with Crippen LogP contribution in [0, 0.1) is 11.6 Å². The molecule has 0 atom stereocenters. The van der Waals surface area contributed by atoms with Crippen LogP contribution in [0.3, 0.4) is 0 Å². The highest BCUT2D eigenvalue weighted by molar-refractivity contribution is 5.84. The van der Waals surface area contributed by atoms with Crippen LogP contribution in [0.5, 0.6) is 0 Å². The molecule has 2 heteroatoms. The molecule has 0 amide bonds. The molecule has 0 radical (unpaired) electrons. The number of hydrogen-bond donors (Lipinski definition) is 0. The van der Waals surface area contributed by atoms with Crippen molar-refractivity contribution in [3.63, 3.8) is 0 Å². The Morgan fingerprint density at radius 1 is 0.824 bits per heavy atom. The van der Waals surface area contributed by atoms with Crippen LogP contribution in [0.4, 0.5) is 8.78 Å². The van der Waals surface area contributed by atoms with E-state index in [1.165, 1.54) is 6.07 Å². The van der Waals surface area contributed by atoms with Gasteiger partial charge in [0.2, 0.25) is 0 Å². The van der Waals surface area contributed by atoms with Crippen LogP contribution >= 0.6 is 0 Å². The fourth-order valence-electron chi connectivity index (χ4n) is 2.25. The van der Waals surface area contributed by atoms with Crippen molar-refractivity contribution in [2.45, 2.75) is 6.42 Å². The summed E-state index contributed by atoms with van der Waals surface area (Å²) in [7, 11) is 0. The molecule has 0 heterocycles. The van der Waals surface area contributed by atoms with E-state index in [-0.39, 0.29) is 0 Å². The Labute approximate surface area is 98.2 Å². The standard InChI is InChI=1S/C15H10F2/c16-14-7-3-6-13(15(14)17)12-9-8-10-4-1-2-5-11(10)12/h1-7,9H,8H2.